The molecule has 0 aliphatic heterocycles. The van der Waals surface area contributed by atoms with Gasteiger partial charge in [-0.05, 0) is 49.1 Å². The summed E-state index contributed by atoms with van der Waals surface area (Å²) in [7, 11) is 0. The molecule has 1 nitrogen and oxygen atoms in total. The van der Waals surface area contributed by atoms with Gasteiger partial charge in [-0.1, -0.05) is 71.9 Å². The highest BCUT2D eigenvalue weighted by Gasteiger charge is 2.22. The van der Waals surface area contributed by atoms with E-state index in [1.54, 1.807) is 0 Å². The lowest BCUT2D eigenvalue weighted by Gasteiger charge is -2.29. The first-order valence-electron chi connectivity index (χ1n) is 7.82. The number of rotatable bonds is 9. The molecule has 0 radical (unpaired) electrons. The summed E-state index contributed by atoms with van der Waals surface area (Å²) in [6, 6.07) is 6.94. The van der Waals surface area contributed by atoms with Gasteiger partial charge in [0.25, 0.3) is 0 Å². The zero-order valence-corrected chi connectivity index (χ0v) is 16.1. The highest BCUT2D eigenvalue weighted by atomic mass is 79.9. The van der Waals surface area contributed by atoms with E-state index in [-0.39, 0.29) is 0 Å². The van der Waals surface area contributed by atoms with Crippen molar-refractivity contribution in [3.8, 4) is 0 Å². The molecule has 1 N–H and O–H groups in total. The predicted octanol–water partition coefficient (Wildman–Crippen LogP) is 6.47. The number of halogens is 2. The van der Waals surface area contributed by atoms with Gasteiger partial charge in [-0.2, -0.15) is 0 Å². The molecule has 0 aliphatic rings. The molecule has 0 fully saturated rings. The maximum absolute atomic E-state index is 3.76. The van der Waals surface area contributed by atoms with Crippen LogP contribution in [0.4, 0.5) is 0 Å². The molecule has 0 saturated carbocycles. The molecule has 1 aromatic rings. The Bertz CT molecular complexity index is 393. The molecule has 0 aromatic heterocycles. The normalized spacial score (nSPS) is 14.2. The van der Waals surface area contributed by atoms with E-state index in [0.29, 0.717) is 12.0 Å². The maximum Gasteiger partial charge on any atom is 0.0360 e. The lowest BCUT2D eigenvalue weighted by atomic mass is 9.87. The second-order valence-corrected chi connectivity index (χ2v) is 7.18. The van der Waals surface area contributed by atoms with E-state index in [1.807, 2.05) is 0 Å². The zero-order chi connectivity index (χ0) is 15.0. The van der Waals surface area contributed by atoms with Crippen LogP contribution in [0.1, 0.15) is 64.5 Å². The summed E-state index contributed by atoms with van der Waals surface area (Å²) in [6.07, 6.45) is 6.28. The molecule has 0 amide bonds. The van der Waals surface area contributed by atoms with Crippen LogP contribution >= 0.6 is 31.9 Å². The summed E-state index contributed by atoms with van der Waals surface area (Å²) in [5.74, 6) is 0.701. The van der Waals surface area contributed by atoms with Crippen molar-refractivity contribution in [3.63, 3.8) is 0 Å². The number of nitrogens with one attached hydrogen (secondary N) is 1. The van der Waals surface area contributed by atoms with Gasteiger partial charge in [-0.15, -0.1) is 0 Å². The van der Waals surface area contributed by atoms with Crippen molar-refractivity contribution >= 4 is 31.9 Å². The molecule has 0 aliphatic carbocycles. The van der Waals surface area contributed by atoms with Crippen molar-refractivity contribution in [1.29, 1.82) is 0 Å². The van der Waals surface area contributed by atoms with E-state index in [2.05, 4.69) is 76.1 Å². The van der Waals surface area contributed by atoms with E-state index >= 15 is 0 Å². The predicted molar refractivity (Wildman–Crippen MR) is 96.2 cm³/mol. The van der Waals surface area contributed by atoms with Gasteiger partial charge in [-0.3, -0.25) is 0 Å². The number of hydrogen-bond acceptors (Lipinski definition) is 1. The third kappa shape index (κ3) is 5.50. The Labute approximate surface area is 141 Å². The van der Waals surface area contributed by atoms with Crippen LogP contribution < -0.4 is 5.32 Å². The zero-order valence-electron chi connectivity index (χ0n) is 12.9. The van der Waals surface area contributed by atoms with E-state index < -0.39 is 0 Å². The third-order valence-corrected chi connectivity index (χ3v) is 5.05. The van der Waals surface area contributed by atoms with E-state index in [9.17, 15) is 0 Å². The SMILES string of the molecule is CCCCC(CC)C(NCCC)c1cc(Br)ccc1Br. The summed E-state index contributed by atoms with van der Waals surface area (Å²) in [4.78, 5) is 0. The van der Waals surface area contributed by atoms with Crippen molar-refractivity contribution in [2.75, 3.05) is 6.54 Å². The van der Waals surface area contributed by atoms with Gasteiger partial charge in [-0.25, -0.2) is 0 Å². The van der Waals surface area contributed by atoms with Crippen LogP contribution in [0.15, 0.2) is 27.1 Å². The van der Waals surface area contributed by atoms with Crippen LogP contribution in [0.2, 0.25) is 0 Å². The first-order valence-corrected chi connectivity index (χ1v) is 9.40. The first kappa shape index (κ1) is 18.2. The lowest BCUT2D eigenvalue weighted by molar-refractivity contribution is 0.323. The van der Waals surface area contributed by atoms with Gasteiger partial charge in [0.1, 0.15) is 0 Å². The third-order valence-electron chi connectivity index (χ3n) is 3.83. The highest BCUT2D eigenvalue weighted by Crippen LogP contribution is 2.35. The number of unbranched alkanes of at least 4 members (excludes halogenated alkanes) is 1. The highest BCUT2D eigenvalue weighted by molar-refractivity contribution is 9.11. The Morgan fingerprint density at radius 3 is 2.45 bits per heavy atom. The Balaban J connectivity index is 2.99. The fourth-order valence-corrected chi connectivity index (χ4v) is 3.53. The summed E-state index contributed by atoms with van der Waals surface area (Å²) in [6.45, 7) is 7.89. The topological polar surface area (TPSA) is 12.0 Å². The van der Waals surface area contributed by atoms with Crippen LogP contribution in [-0.2, 0) is 0 Å². The summed E-state index contributed by atoms with van der Waals surface area (Å²) in [5, 5.41) is 3.76. The maximum atomic E-state index is 3.76. The van der Waals surface area contributed by atoms with Gasteiger partial charge >= 0.3 is 0 Å². The average Bonchev–Trinajstić information content (AvgIpc) is 2.45. The standard InChI is InChI=1S/C17H27Br2N/c1-4-7-8-13(6-3)17(20-11-5-2)15-12-14(18)9-10-16(15)19/h9-10,12-13,17,20H,4-8,11H2,1-3H3. The van der Waals surface area contributed by atoms with Crippen LogP contribution in [0.25, 0.3) is 0 Å². The molecule has 1 rings (SSSR count). The van der Waals surface area contributed by atoms with Crippen molar-refractivity contribution < 1.29 is 0 Å². The smallest absolute Gasteiger partial charge is 0.0360 e. The van der Waals surface area contributed by atoms with Crippen molar-refractivity contribution in [3.05, 3.63) is 32.7 Å². The van der Waals surface area contributed by atoms with Crippen LogP contribution in [0, 0.1) is 5.92 Å². The molecule has 0 saturated heterocycles. The number of hydrogen-bond donors (Lipinski definition) is 1. The summed E-state index contributed by atoms with van der Waals surface area (Å²) in [5.41, 5.74) is 1.38. The van der Waals surface area contributed by atoms with E-state index in [0.717, 1.165) is 11.0 Å². The molecule has 2 atom stereocenters. The minimum atomic E-state index is 0.443. The van der Waals surface area contributed by atoms with Gasteiger partial charge in [0.15, 0.2) is 0 Å². The van der Waals surface area contributed by atoms with Crippen LogP contribution in [0.3, 0.4) is 0 Å². The second-order valence-electron chi connectivity index (χ2n) is 5.41. The summed E-state index contributed by atoms with van der Waals surface area (Å²) < 4.78 is 2.37. The van der Waals surface area contributed by atoms with Gasteiger partial charge in [0.05, 0.1) is 0 Å². The van der Waals surface area contributed by atoms with E-state index in [4.69, 9.17) is 0 Å². The molecule has 2 unspecified atom stereocenters. The van der Waals surface area contributed by atoms with Crippen LogP contribution in [-0.4, -0.2) is 6.54 Å². The van der Waals surface area contributed by atoms with E-state index in [1.165, 1.54) is 42.1 Å². The Hall–Kier alpha value is 0.140. The molecule has 0 bridgehead atoms. The largest absolute Gasteiger partial charge is 0.310 e. The van der Waals surface area contributed by atoms with Gasteiger partial charge in [0.2, 0.25) is 0 Å². The van der Waals surface area contributed by atoms with Gasteiger partial charge < -0.3 is 5.32 Å². The Morgan fingerprint density at radius 2 is 1.85 bits per heavy atom. The van der Waals surface area contributed by atoms with Crippen molar-refractivity contribution in [2.24, 2.45) is 5.92 Å². The molecular formula is C17H27Br2N. The fraction of sp³-hybridized carbons (Fsp3) is 0.647. The quantitative estimate of drug-likeness (QED) is 0.497. The number of benzene rings is 1. The molecule has 3 heteroatoms. The van der Waals surface area contributed by atoms with Gasteiger partial charge in [0, 0.05) is 15.0 Å². The molecule has 20 heavy (non-hydrogen) atoms. The van der Waals surface area contributed by atoms with Crippen molar-refractivity contribution in [1.82, 2.24) is 5.32 Å². The Kier molecular flexibility index (Phi) is 9.06. The molecule has 114 valence electrons. The molecular weight excluding hydrogens is 378 g/mol. The first-order chi connectivity index (χ1) is 9.63. The Morgan fingerprint density at radius 1 is 1.10 bits per heavy atom. The molecule has 0 heterocycles. The molecule has 1 aromatic carbocycles. The van der Waals surface area contributed by atoms with Crippen molar-refractivity contribution in [2.45, 2.75) is 58.9 Å². The molecule has 0 spiro atoms. The average molecular weight is 405 g/mol. The summed E-state index contributed by atoms with van der Waals surface area (Å²) >= 11 is 7.34. The monoisotopic (exact) mass is 403 g/mol. The minimum absolute atomic E-state index is 0.443. The second kappa shape index (κ2) is 9.97. The lowest BCUT2D eigenvalue weighted by Crippen LogP contribution is -2.29. The fourth-order valence-electron chi connectivity index (χ4n) is 2.66. The minimum Gasteiger partial charge on any atom is -0.310 e. The van der Waals surface area contributed by atoms with Crippen LogP contribution in [0.5, 0.6) is 0 Å².